The van der Waals surface area contributed by atoms with Crippen LogP contribution in [-0.2, 0) is 0 Å². The molecule has 21 heavy (non-hydrogen) atoms. The Hall–Kier alpha value is -1.59. The van der Waals surface area contributed by atoms with E-state index in [4.69, 9.17) is 16.3 Å². The van der Waals surface area contributed by atoms with Gasteiger partial charge >= 0.3 is 0 Å². The normalized spacial score (nSPS) is 10.2. The average Bonchev–Trinajstić information content (AvgIpc) is 2.49. The monoisotopic (exact) mass is 368 g/mol. The molecule has 4 nitrogen and oxygen atoms in total. The number of pyridine rings is 1. The standard InChI is InChI=1S/C15H14BrClN2O2/c1-19(15(20)13-6-7-18-10-14(13)17)8-9-21-12-4-2-11(16)3-5-12/h2-7,10H,8-9H2,1H3. The number of likely N-dealkylation sites (N-methyl/N-ethyl adjacent to an activating group) is 1. The number of amides is 1. The molecule has 6 heteroatoms. The van der Waals surface area contributed by atoms with Crippen molar-refractivity contribution in [2.75, 3.05) is 20.2 Å². The summed E-state index contributed by atoms with van der Waals surface area (Å²) in [6.07, 6.45) is 3.01. The van der Waals surface area contributed by atoms with Crippen molar-refractivity contribution in [2.24, 2.45) is 0 Å². The number of hydrogen-bond donors (Lipinski definition) is 0. The van der Waals surface area contributed by atoms with Crippen LogP contribution < -0.4 is 4.74 Å². The number of carbonyl (C=O) groups is 1. The third-order valence-electron chi connectivity index (χ3n) is 2.86. The lowest BCUT2D eigenvalue weighted by Gasteiger charge is -2.18. The fourth-order valence-corrected chi connectivity index (χ4v) is 2.15. The second-order valence-corrected chi connectivity index (χ2v) is 5.71. The van der Waals surface area contributed by atoms with Gasteiger partial charge in [-0.2, -0.15) is 0 Å². The molecule has 1 aromatic carbocycles. The van der Waals surface area contributed by atoms with Crippen LogP contribution >= 0.6 is 27.5 Å². The van der Waals surface area contributed by atoms with Crippen LogP contribution in [0.4, 0.5) is 0 Å². The first-order chi connectivity index (χ1) is 10.1. The summed E-state index contributed by atoms with van der Waals surface area (Å²) in [6, 6.07) is 9.15. The molecule has 0 saturated heterocycles. The molecule has 0 radical (unpaired) electrons. The number of aromatic nitrogens is 1. The topological polar surface area (TPSA) is 42.4 Å². The summed E-state index contributed by atoms with van der Waals surface area (Å²) in [5.74, 6) is 0.614. The number of rotatable bonds is 5. The smallest absolute Gasteiger partial charge is 0.255 e. The van der Waals surface area contributed by atoms with Gasteiger partial charge in [-0.15, -0.1) is 0 Å². The molecule has 0 spiro atoms. The Bertz CT molecular complexity index is 619. The van der Waals surface area contributed by atoms with Gasteiger partial charge in [0.1, 0.15) is 12.4 Å². The van der Waals surface area contributed by atoms with Gasteiger partial charge < -0.3 is 9.64 Å². The van der Waals surface area contributed by atoms with Crippen LogP contribution in [0.25, 0.3) is 0 Å². The molecule has 2 rings (SSSR count). The Morgan fingerprint density at radius 1 is 1.33 bits per heavy atom. The zero-order valence-corrected chi connectivity index (χ0v) is 13.8. The number of hydrogen-bond acceptors (Lipinski definition) is 3. The summed E-state index contributed by atoms with van der Waals surface area (Å²) in [6.45, 7) is 0.875. The van der Waals surface area contributed by atoms with Crippen LogP contribution in [0.2, 0.25) is 5.02 Å². The van der Waals surface area contributed by atoms with Gasteiger partial charge in [0.05, 0.1) is 17.1 Å². The lowest BCUT2D eigenvalue weighted by atomic mass is 10.2. The highest BCUT2D eigenvalue weighted by Gasteiger charge is 2.14. The molecule has 0 aliphatic carbocycles. The third kappa shape index (κ3) is 4.44. The van der Waals surface area contributed by atoms with Gasteiger partial charge in [-0.3, -0.25) is 9.78 Å². The maximum Gasteiger partial charge on any atom is 0.255 e. The molecule has 0 N–H and O–H groups in total. The Morgan fingerprint density at radius 2 is 2.05 bits per heavy atom. The van der Waals surface area contributed by atoms with E-state index in [2.05, 4.69) is 20.9 Å². The minimum atomic E-state index is -0.151. The molecule has 110 valence electrons. The van der Waals surface area contributed by atoms with E-state index in [-0.39, 0.29) is 5.91 Å². The first-order valence-corrected chi connectivity index (χ1v) is 7.48. The van der Waals surface area contributed by atoms with Crippen LogP contribution in [0.15, 0.2) is 47.2 Å². The molecular formula is C15H14BrClN2O2. The lowest BCUT2D eigenvalue weighted by molar-refractivity contribution is 0.0774. The van der Waals surface area contributed by atoms with E-state index in [1.54, 1.807) is 24.2 Å². The predicted octanol–water partition coefficient (Wildman–Crippen LogP) is 3.65. The third-order valence-corrected chi connectivity index (χ3v) is 3.69. The fourth-order valence-electron chi connectivity index (χ4n) is 1.69. The van der Waals surface area contributed by atoms with Crippen LogP contribution in [-0.4, -0.2) is 36.0 Å². The molecule has 2 aromatic rings. The maximum absolute atomic E-state index is 12.2. The Kier molecular flexibility index (Phi) is 5.59. The van der Waals surface area contributed by atoms with Crippen molar-refractivity contribution in [3.63, 3.8) is 0 Å². The summed E-state index contributed by atoms with van der Waals surface area (Å²) in [5, 5.41) is 0.350. The van der Waals surface area contributed by atoms with Gasteiger partial charge in [-0.25, -0.2) is 0 Å². The van der Waals surface area contributed by atoms with Gasteiger partial charge in [0.2, 0.25) is 0 Å². The fraction of sp³-hybridized carbons (Fsp3) is 0.200. The summed E-state index contributed by atoms with van der Waals surface area (Å²) in [4.78, 5) is 17.6. The van der Waals surface area contributed by atoms with Gasteiger partial charge in [-0.05, 0) is 30.3 Å². The summed E-state index contributed by atoms with van der Waals surface area (Å²) in [5.41, 5.74) is 0.442. The molecule has 0 bridgehead atoms. The lowest BCUT2D eigenvalue weighted by Crippen LogP contribution is -2.31. The van der Waals surface area contributed by atoms with Crippen molar-refractivity contribution >= 4 is 33.4 Å². The minimum absolute atomic E-state index is 0.151. The summed E-state index contributed by atoms with van der Waals surface area (Å²) < 4.78 is 6.58. The number of benzene rings is 1. The van der Waals surface area contributed by atoms with Gasteiger partial charge in [0.25, 0.3) is 5.91 Å². The van der Waals surface area contributed by atoms with Gasteiger partial charge in [0, 0.05) is 23.9 Å². The van der Waals surface area contributed by atoms with Crippen molar-refractivity contribution < 1.29 is 9.53 Å². The van der Waals surface area contributed by atoms with Crippen LogP contribution in [0.5, 0.6) is 5.75 Å². The van der Waals surface area contributed by atoms with E-state index in [0.29, 0.717) is 23.7 Å². The van der Waals surface area contributed by atoms with Crippen molar-refractivity contribution in [2.45, 2.75) is 0 Å². The molecule has 0 atom stereocenters. The molecule has 0 aliphatic rings. The van der Waals surface area contributed by atoms with Crippen LogP contribution in [0.3, 0.4) is 0 Å². The van der Waals surface area contributed by atoms with Crippen molar-refractivity contribution in [1.82, 2.24) is 9.88 Å². The minimum Gasteiger partial charge on any atom is -0.492 e. The summed E-state index contributed by atoms with van der Waals surface area (Å²) >= 11 is 9.32. The summed E-state index contributed by atoms with van der Waals surface area (Å²) in [7, 11) is 1.71. The first kappa shape index (κ1) is 15.8. The van der Waals surface area contributed by atoms with Crippen molar-refractivity contribution in [1.29, 1.82) is 0 Å². The molecule has 1 amide bonds. The molecule has 0 saturated carbocycles. The molecular weight excluding hydrogens is 356 g/mol. The molecule has 0 aliphatic heterocycles. The number of halogens is 2. The van der Waals surface area contributed by atoms with E-state index >= 15 is 0 Å². The largest absolute Gasteiger partial charge is 0.492 e. The van der Waals surface area contributed by atoms with Crippen LogP contribution in [0, 0.1) is 0 Å². The Labute approximate surface area is 136 Å². The van der Waals surface area contributed by atoms with Crippen molar-refractivity contribution in [3.05, 3.63) is 57.8 Å². The zero-order chi connectivity index (χ0) is 15.2. The van der Waals surface area contributed by atoms with Crippen LogP contribution in [0.1, 0.15) is 10.4 Å². The molecule has 1 heterocycles. The maximum atomic E-state index is 12.2. The van der Waals surface area contributed by atoms with E-state index in [1.807, 2.05) is 24.3 Å². The van der Waals surface area contributed by atoms with E-state index in [1.165, 1.54) is 6.20 Å². The zero-order valence-electron chi connectivity index (χ0n) is 11.4. The van der Waals surface area contributed by atoms with E-state index < -0.39 is 0 Å². The Balaban J connectivity index is 1.87. The number of carbonyl (C=O) groups excluding carboxylic acids is 1. The van der Waals surface area contributed by atoms with E-state index in [9.17, 15) is 4.79 Å². The number of ether oxygens (including phenoxy) is 1. The second-order valence-electron chi connectivity index (χ2n) is 4.38. The molecule has 1 aromatic heterocycles. The van der Waals surface area contributed by atoms with Gasteiger partial charge in [-0.1, -0.05) is 27.5 Å². The highest BCUT2D eigenvalue weighted by atomic mass is 79.9. The SMILES string of the molecule is CN(CCOc1ccc(Br)cc1)C(=O)c1ccncc1Cl. The number of nitrogens with zero attached hydrogens (tertiary/aromatic N) is 2. The van der Waals surface area contributed by atoms with Crippen molar-refractivity contribution in [3.8, 4) is 5.75 Å². The highest BCUT2D eigenvalue weighted by molar-refractivity contribution is 9.10. The molecule has 0 fully saturated rings. The Morgan fingerprint density at radius 3 is 2.71 bits per heavy atom. The van der Waals surface area contributed by atoms with Gasteiger partial charge in [0.15, 0.2) is 0 Å². The second kappa shape index (κ2) is 7.43. The highest BCUT2D eigenvalue weighted by Crippen LogP contribution is 2.17. The van der Waals surface area contributed by atoms with E-state index in [0.717, 1.165) is 10.2 Å². The first-order valence-electron chi connectivity index (χ1n) is 6.31. The predicted molar refractivity (Wildman–Crippen MR) is 85.8 cm³/mol. The average molecular weight is 370 g/mol. The quantitative estimate of drug-likeness (QED) is 0.808. The molecule has 0 unspecified atom stereocenters.